The van der Waals surface area contributed by atoms with E-state index in [1.54, 1.807) is 0 Å². The minimum Gasteiger partial charge on any atom is -0.341 e. The van der Waals surface area contributed by atoms with Gasteiger partial charge in [0.25, 0.3) is 0 Å². The number of rotatable bonds is 7. The molecular weight excluding hydrogens is 260 g/mol. The highest BCUT2D eigenvalue weighted by Gasteiger charge is 2.20. The lowest BCUT2D eigenvalue weighted by Gasteiger charge is -2.25. The first-order chi connectivity index (χ1) is 10.2. The van der Waals surface area contributed by atoms with Gasteiger partial charge in [0.1, 0.15) is 0 Å². The molecule has 2 rings (SSSR count). The standard InChI is InChI=1S/C18H28N2O/c1-3-13-20(14-17-5-4-12-19-17)18(21)11-10-16-8-6-15(2)7-9-16/h6-9,17,19H,3-5,10-14H2,1-2H3. The van der Waals surface area contributed by atoms with Crippen molar-refractivity contribution in [3.63, 3.8) is 0 Å². The van der Waals surface area contributed by atoms with Crippen LogP contribution in [-0.4, -0.2) is 36.5 Å². The van der Waals surface area contributed by atoms with Gasteiger partial charge in [-0.15, -0.1) is 0 Å². The number of nitrogens with zero attached hydrogens (tertiary/aromatic N) is 1. The van der Waals surface area contributed by atoms with Crippen LogP contribution < -0.4 is 5.32 Å². The van der Waals surface area contributed by atoms with E-state index in [0.717, 1.165) is 32.5 Å². The van der Waals surface area contributed by atoms with E-state index in [2.05, 4.69) is 48.3 Å². The van der Waals surface area contributed by atoms with Gasteiger partial charge in [-0.2, -0.15) is 0 Å². The van der Waals surface area contributed by atoms with E-state index < -0.39 is 0 Å². The Morgan fingerprint density at radius 3 is 2.71 bits per heavy atom. The molecule has 1 N–H and O–H groups in total. The second-order valence-electron chi connectivity index (χ2n) is 6.12. The molecule has 0 aromatic heterocycles. The van der Waals surface area contributed by atoms with Gasteiger partial charge in [-0.25, -0.2) is 0 Å². The second-order valence-corrected chi connectivity index (χ2v) is 6.12. The van der Waals surface area contributed by atoms with Crippen LogP contribution in [0.15, 0.2) is 24.3 Å². The maximum Gasteiger partial charge on any atom is 0.222 e. The van der Waals surface area contributed by atoms with Crippen LogP contribution in [-0.2, 0) is 11.2 Å². The predicted molar refractivity (Wildman–Crippen MR) is 87.4 cm³/mol. The summed E-state index contributed by atoms with van der Waals surface area (Å²) in [6.07, 6.45) is 4.93. The molecule has 1 fully saturated rings. The lowest BCUT2D eigenvalue weighted by molar-refractivity contribution is -0.131. The Morgan fingerprint density at radius 2 is 2.10 bits per heavy atom. The van der Waals surface area contributed by atoms with Gasteiger partial charge in [-0.05, 0) is 44.7 Å². The molecule has 1 amide bonds. The molecule has 1 saturated heterocycles. The van der Waals surface area contributed by atoms with E-state index in [-0.39, 0.29) is 0 Å². The second kappa shape index (κ2) is 8.18. The van der Waals surface area contributed by atoms with Crippen molar-refractivity contribution in [3.05, 3.63) is 35.4 Å². The molecular formula is C18H28N2O. The highest BCUT2D eigenvalue weighted by molar-refractivity contribution is 5.76. The smallest absolute Gasteiger partial charge is 0.222 e. The minimum atomic E-state index is 0.297. The van der Waals surface area contributed by atoms with Crippen molar-refractivity contribution in [2.24, 2.45) is 0 Å². The summed E-state index contributed by atoms with van der Waals surface area (Å²) in [6.45, 7) is 7.09. The number of carbonyl (C=O) groups is 1. The van der Waals surface area contributed by atoms with Gasteiger partial charge < -0.3 is 10.2 Å². The van der Waals surface area contributed by atoms with Crippen molar-refractivity contribution in [3.8, 4) is 0 Å². The molecule has 1 aliphatic rings. The molecule has 3 heteroatoms. The first kappa shape index (κ1) is 16.0. The summed E-state index contributed by atoms with van der Waals surface area (Å²) in [4.78, 5) is 14.5. The van der Waals surface area contributed by atoms with Crippen LogP contribution in [0.25, 0.3) is 0 Å². The molecule has 0 radical (unpaired) electrons. The van der Waals surface area contributed by atoms with Gasteiger partial charge in [-0.3, -0.25) is 4.79 Å². The number of aryl methyl sites for hydroxylation is 2. The van der Waals surface area contributed by atoms with E-state index in [1.165, 1.54) is 24.0 Å². The SMILES string of the molecule is CCCN(CC1CCCN1)C(=O)CCc1ccc(C)cc1. The maximum absolute atomic E-state index is 12.5. The average molecular weight is 288 g/mol. The van der Waals surface area contributed by atoms with Crippen molar-refractivity contribution in [2.45, 2.75) is 52.0 Å². The average Bonchev–Trinajstić information content (AvgIpc) is 2.99. The Morgan fingerprint density at radius 1 is 1.33 bits per heavy atom. The van der Waals surface area contributed by atoms with Crippen LogP contribution in [0.5, 0.6) is 0 Å². The summed E-state index contributed by atoms with van der Waals surface area (Å²) in [6, 6.07) is 8.99. The van der Waals surface area contributed by atoms with E-state index in [0.29, 0.717) is 18.4 Å². The van der Waals surface area contributed by atoms with Crippen molar-refractivity contribution in [2.75, 3.05) is 19.6 Å². The Labute approximate surface area is 128 Å². The first-order valence-electron chi connectivity index (χ1n) is 8.25. The van der Waals surface area contributed by atoms with Crippen molar-refractivity contribution in [1.29, 1.82) is 0 Å². The fourth-order valence-corrected chi connectivity index (χ4v) is 2.93. The predicted octanol–water partition coefficient (Wildman–Crippen LogP) is 2.92. The zero-order valence-corrected chi connectivity index (χ0v) is 13.4. The van der Waals surface area contributed by atoms with Crippen LogP contribution in [0.4, 0.5) is 0 Å². The molecule has 1 aromatic rings. The summed E-state index contributed by atoms with van der Waals surface area (Å²) in [5.41, 5.74) is 2.52. The molecule has 0 spiro atoms. The molecule has 116 valence electrons. The fraction of sp³-hybridized carbons (Fsp3) is 0.611. The topological polar surface area (TPSA) is 32.3 Å². The monoisotopic (exact) mass is 288 g/mol. The largest absolute Gasteiger partial charge is 0.341 e. The summed E-state index contributed by atoms with van der Waals surface area (Å²) in [5.74, 6) is 0.297. The molecule has 0 aliphatic carbocycles. The van der Waals surface area contributed by atoms with Gasteiger partial charge >= 0.3 is 0 Å². The molecule has 1 heterocycles. The molecule has 0 bridgehead atoms. The fourth-order valence-electron chi connectivity index (χ4n) is 2.93. The van der Waals surface area contributed by atoms with Crippen LogP contribution in [0.3, 0.4) is 0 Å². The van der Waals surface area contributed by atoms with Gasteiger partial charge in [0.15, 0.2) is 0 Å². The molecule has 1 atom stereocenters. The Kier molecular flexibility index (Phi) is 6.24. The van der Waals surface area contributed by atoms with Crippen LogP contribution >= 0.6 is 0 Å². The number of benzene rings is 1. The van der Waals surface area contributed by atoms with Crippen LogP contribution in [0.2, 0.25) is 0 Å². The quantitative estimate of drug-likeness (QED) is 0.836. The van der Waals surface area contributed by atoms with Gasteiger partial charge in [0, 0.05) is 25.6 Å². The summed E-state index contributed by atoms with van der Waals surface area (Å²) < 4.78 is 0. The highest BCUT2D eigenvalue weighted by Crippen LogP contribution is 2.11. The maximum atomic E-state index is 12.5. The number of amides is 1. The molecule has 1 aromatic carbocycles. The van der Waals surface area contributed by atoms with E-state index >= 15 is 0 Å². The Balaban J connectivity index is 1.83. The van der Waals surface area contributed by atoms with Crippen LogP contribution in [0.1, 0.15) is 43.7 Å². The molecule has 1 unspecified atom stereocenters. The van der Waals surface area contributed by atoms with Gasteiger partial charge in [0.05, 0.1) is 0 Å². The zero-order chi connectivity index (χ0) is 15.1. The zero-order valence-electron chi connectivity index (χ0n) is 13.4. The van der Waals surface area contributed by atoms with Gasteiger partial charge in [-0.1, -0.05) is 36.8 Å². The van der Waals surface area contributed by atoms with E-state index in [4.69, 9.17) is 0 Å². The minimum absolute atomic E-state index is 0.297. The number of nitrogens with one attached hydrogen (secondary N) is 1. The highest BCUT2D eigenvalue weighted by atomic mass is 16.2. The molecule has 1 aliphatic heterocycles. The number of hydrogen-bond acceptors (Lipinski definition) is 2. The third kappa shape index (κ3) is 5.16. The first-order valence-corrected chi connectivity index (χ1v) is 8.25. The third-order valence-electron chi connectivity index (χ3n) is 4.20. The van der Waals surface area contributed by atoms with Gasteiger partial charge in [0.2, 0.25) is 5.91 Å². The Hall–Kier alpha value is -1.35. The molecule has 21 heavy (non-hydrogen) atoms. The lowest BCUT2D eigenvalue weighted by atomic mass is 10.1. The van der Waals surface area contributed by atoms with E-state index in [1.807, 2.05) is 0 Å². The number of hydrogen-bond donors (Lipinski definition) is 1. The summed E-state index contributed by atoms with van der Waals surface area (Å²) in [5, 5.41) is 3.49. The molecule has 0 saturated carbocycles. The summed E-state index contributed by atoms with van der Waals surface area (Å²) in [7, 11) is 0. The van der Waals surface area contributed by atoms with Crippen molar-refractivity contribution in [1.82, 2.24) is 10.2 Å². The summed E-state index contributed by atoms with van der Waals surface area (Å²) >= 11 is 0. The molecule has 3 nitrogen and oxygen atoms in total. The number of carbonyl (C=O) groups excluding carboxylic acids is 1. The normalized spacial score (nSPS) is 17.9. The lowest BCUT2D eigenvalue weighted by Crippen LogP contribution is -2.41. The van der Waals surface area contributed by atoms with Crippen molar-refractivity contribution >= 4 is 5.91 Å². The third-order valence-corrected chi connectivity index (χ3v) is 4.20. The van der Waals surface area contributed by atoms with E-state index in [9.17, 15) is 4.79 Å². The Bertz CT molecular complexity index is 435. The van der Waals surface area contributed by atoms with Crippen LogP contribution in [0, 0.1) is 6.92 Å². The van der Waals surface area contributed by atoms with Crippen molar-refractivity contribution < 1.29 is 4.79 Å².